The molecule has 0 bridgehead atoms. The molecule has 1 heterocycles. The topological polar surface area (TPSA) is 151 Å². The van der Waals surface area contributed by atoms with Crippen LogP contribution in [0.4, 0.5) is 20.6 Å². The highest BCUT2D eigenvalue weighted by atomic mass is 19.1. The predicted octanol–water partition coefficient (Wildman–Crippen LogP) is 1.16. The molecule has 30 heavy (non-hydrogen) atoms. The maximum Gasteiger partial charge on any atom is 0.414 e. The molecule has 2 amide bonds. The number of cyclic esters (lactones) is 1. The largest absolute Gasteiger partial charge is 0.507 e. The number of ether oxygens (including phenoxy) is 1. The number of aromatic hydroxyl groups is 1. The SMILES string of the molecule is NC(=O)c1ccc(/C=C/C(O)NC[C@H]2CN(c3ccc(N)c(F)c3)C(=O)O2)cc1O. The number of halogens is 1. The van der Waals surface area contributed by atoms with Gasteiger partial charge in [0.15, 0.2) is 0 Å². The van der Waals surface area contributed by atoms with Crippen LogP contribution in [0, 0.1) is 5.82 Å². The molecule has 0 radical (unpaired) electrons. The number of aliphatic hydroxyl groups excluding tert-OH is 1. The van der Waals surface area contributed by atoms with E-state index in [0.717, 1.165) is 6.07 Å². The van der Waals surface area contributed by atoms with Gasteiger partial charge in [0.1, 0.15) is 23.9 Å². The van der Waals surface area contributed by atoms with Crippen LogP contribution in [-0.4, -0.2) is 47.6 Å². The second kappa shape index (κ2) is 8.80. The summed E-state index contributed by atoms with van der Waals surface area (Å²) in [6.07, 6.45) is 0.709. The average Bonchev–Trinajstić information content (AvgIpc) is 3.07. The number of phenols is 1. The van der Waals surface area contributed by atoms with Crippen molar-refractivity contribution in [2.24, 2.45) is 5.73 Å². The Labute approximate surface area is 171 Å². The Morgan fingerprint density at radius 3 is 2.80 bits per heavy atom. The normalized spacial score (nSPS) is 17.3. The molecule has 1 aliphatic heterocycles. The van der Waals surface area contributed by atoms with Crippen LogP contribution in [0.2, 0.25) is 0 Å². The Morgan fingerprint density at radius 2 is 2.13 bits per heavy atom. The Morgan fingerprint density at radius 1 is 1.37 bits per heavy atom. The number of amides is 2. The van der Waals surface area contributed by atoms with Crippen molar-refractivity contribution in [1.82, 2.24) is 5.32 Å². The first-order valence-corrected chi connectivity index (χ1v) is 9.00. The van der Waals surface area contributed by atoms with Crippen molar-refractivity contribution in [2.75, 3.05) is 23.7 Å². The molecule has 7 N–H and O–H groups in total. The summed E-state index contributed by atoms with van der Waals surface area (Å²) in [6, 6.07) is 8.32. The zero-order chi connectivity index (χ0) is 21.8. The number of anilines is 2. The van der Waals surface area contributed by atoms with Crippen LogP contribution in [0.1, 0.15) is 15.9 Å². The van der Waals surface area contributed by atoms with Gasteiger partial charge >= 0.3 is 6.09 Å². The van der Waals surface area contributed by atoms with E-state index in [-0.39, 0.29) is 30.1 Å². The van der Waals surface area contributed by atoms with Crippen LogP contribution < -0.4 is 21.7 Å². The number of hydrogen-bond acceptors (Lipinski definition) is 7. The number of primary amides is 1. The van der Waals surface area contributed by atoms with Gasteiger partial charge in [-0.1, -0.05) is 12.1 Å². The van der Waals surface area contributed by atoms with E-state index in [1.165, 1.54) is 41.3 Å². The third-order valence-corrected chi connectivity index (χ3v) is 4.48. The zero-order valence-electron chi connectivity index (χ0n) is 15.8. The summed E-state index contributed by atoms with van der Waals surface area (Å²) in [6.45, 7) is 0.325. The number of carbonyl (C=O) groups is 2. The Kier molecular flexibility index (Phi) is 6.19. The summed E-state index contributed by atoms with van der Waals surface area (Å²) < 4.78 is 18.8. The fourth-order valence-electron chi connectivity index (χ4n) is 2.91. The molecule has 1 unspecified atom stereocenters. The van der Waals surface area contributed by atoms with Crippen LogP contribution in [0.15, 0.2) is 42.5 Å². The number of nitrogens with two attached hydrogens (primary N) is 2. The molecule has 9 nitrogen and oxygen atoms in total. The number of rotatable bonds is 7. The van der Waals surface area contributed by atoms with Gasteiger partial charge in [0.25, 0.3) is 5.91 Å². The number of benzene rings is 2. The van der Waals surface area contributed by atoms with Crippen molar-refractivity contribution in [2.45, 2.75) is 12.3 Å². The van der Waals surface area contributed by atoms with Crippen molar-refractivity contribution >= 4 is 29.5 Å². The number of carbonyl (C=O) groups excluding carboxylic acids is 2. The van der Waals surface area contributed by atoms with E-state index in [1.54, 1.807) is 6.07 Å². The molecule has 0 saturated carbocycles. The van der Waals surface area contributed by atoms with Gasteiger partial charge in [-0.15, -0.1) is 0 Å². The first-order chi connectivity index (χ1) is 14.2. The fraction of sp³-hybridized carbons (Fsp3) is 0.200. The monoisotopic (exact) mass is 416 g/mol. The lowest BCUT2D eigenvalue weighted by molar-refractivity contribution is 0.0997. The van der Waals surface area contributed by atoms with Gasteiger partial charge in [0.2, 0.25) is 0 Å². The molecule has 158 valence electrons. The Bertz CT molecular complexity index is 997. The summed E-state index contributed by atoms with van der Waals surface area (Å²) in [5.41, 5.74) is 11.4. The lowest BCUT2D eigenvalue weighted by Crippen LogP contribution is -2.36. The summed E-state index contributed by atoms with van der Waals surface area (Å²) in [5.74, 6) is -1.63. The molecule has 3 rings (SSSR count). The average molecular weight is 416 g/mol. The highest BCUT2D eigenvalue weighted by Gasteiger charge is 2.32. The molecule has 0 aliphatic carbocycles. The fourth-order valence-corrected chi connectivity index (χ4v) is 2.91. The van der Waals surface area contributed by atoms with E-state index in [2.05, 4.69) is 5.32 Å². The van der Waals surface area contributed by atoms with E-state index in [9.17, 15) is 24.2 Å². The molecule has 0 aromatic heterocycles. The highest BCUT2D eigenvalue weighted by molar-refractivity contribution is 5.95. The zero-order valence-corrected chi connectivity index (χ0v) is 15.8. The van der Waals surface area contributed by atoms with Gasteiger partial charge in [-0.3, -0.25) is 15.0 Å². The molecule has 0 spiro atoms. The Balaban J connectivity index is 1.53. The van der Waals surface area contributed by atoms with E-state index in [0.29, 0.717) is 11.3 Å². The minimum absolute atomic E-state index is 0.000546. The van der Waals surface area contributed by atoms with Gasteiger partial charge in [0, 0.05) is 6.54 Å². The molecule has 2 aromatic rings. The van der Waals surface area contributed by atoms with Crippen LogP contribution >= 0.6 is 0 Å². The minimum atomic E-state index is -1.07. The molecule has 2 atom stereocenters. The highest BCUT2D eigenvalue weighted by Crippen LogP contribution is 2.24. The Hall–Kier alpha value is -3.63. The van der Waals surface area contributed by atoms with Crippen molar-refractivity contribution in [3.8, 4) is 5.75 Å². The lowest BCUT2D eigenvalue weighted by atomic mass is 10.1. The smallest absolute Gasteiger partial charge is 0.414 e. The molecule has 10 heteroatoms. The maximum absolute atomic E-state index is 13.6. The van der Waals surface area contributed by atoms with Gasteiger partial charge in [-0.2, -0.15) is 0 Å². The summed E-state index contributed by atoms with van der Waals surface area (Å²) in [4.78, 5) is 24.4. The molecule has 1 aliphatic rings. The van der Waals surface area contributed by atoms with Crippen molar-refractivity contribution in [1.29, 1.82) is 0 Å². The maximum atomic E-state index is 13.6. The molecular formula is C20H21FN4O5. The first kappa shape index (κ1) is 21.1. The van der Waals surface area contributed by atoms with Crippen LogP contribution in [0.5, 0.6) is 5.75 Å². The molecule has 1 saturated heterocycles. The van der Waals surface area contributed by atoms with Crippen molar-refractivity contribution < 1.29 is 28.9 Å². The number of nitrogens with one attached hydrogen (secondary N) is 1. The van der Waals surface area contributed by atoms with E-state index >= 15 is 0 Å². The third-order valence-electron chi connectivity index (χ3n) is 4.48. The van der Waals surface area contributed by atoms with Crippen molar-refractivity contribution in [3.63, 3.8) is 0 Å². The first-order valence-electron chi connectivity index (χ1n) is 9.00. The van der Waals surface area contributed by atoms with Gasteiger partial charge in [-0.05, 0) is 42.0 Å². The number of nitrogens with zero attached hydrogens (tertiary/aromatic N) is 1. The standard InChI is InChI=1S/C20H21FN4O5/c21-15-8-12(3-5-16(15)22)25-10-13(30-20(25)29)9-24-18(27)6-2-11-1-4-14(19(23)28)17(26)7-11/h1-8,13,18,24,26-27H,9-10,22H2,(H2,23,28)/b6-2+/t13-,18?/m0/s1. The molecule has 1 fully saturated rings. The number of hydrogen-bond donors (Lipinski definition) is 5. The van der Waals surface area contributed by atoms with Gasteiger partial charge < -0.3 is 26.4 Å². The minimum Gasteiger partial charge on any atom is -0.507 e. The van der Waals surface area contributed by atoms with E-state index in [4.69, 9.17) is 16.2 Å². The predicted molar refractivity (Wildman–Crippen MR) is 108 cm³/mol. The molecular weight excluding hydrogens is 395 g/mol. The molecule has 2 aromatic carbocycles. The van der Waals surface area contributed by atoms with Crippen LogP contribution in [-0.2, 0) is 4.74 Å². The van der Waals surface area contributed by atoms with Gasteiger partial charge in [-0.25, -0.2) is 9.18 Å². The summed E-state index contributed by atoms with van der Waals surface area (Å²) >= 11 is 0. The van der Waals surface area contributed by atoms with Crippen LogP contribution in [0.25, 0.3) is 6.08 Å². The second-order valence-electron chi connectivity index (χ2n) is 6.68. The van der Waals surface area contributed by atoms with Crippen LogP contribution in [0.3, 0.4) is 0 Å². The number of aliphatic hydroxyl groups is 1. The van der Waals surface area contributed by atoms with Crippen molar-refractivity contribution in [3.05, 3.63) is 59.4 Å². The van der Waals surface area contributed by atoms with E-state index < -0.39 is 30.1 Å². The van der Waals surface area contributed by atoms with E-state index in [1.807, 2.05) is 0 Å². The number of nitrogen functional groups attached to an aromatic ring is 1. The summed E-state index contributed by atoms with van der Waals surface area (Å²) in [5, 5.41) is 22.6. The van der Waals surface area contributed by atoms with Gasteiger partial charge in [0.05, 0.1) is 23.5 Å². The lowest BCUT2D eigenvalue weighted by Gasteiger charge is -2.14. The second-order valence-corrected chi connectivity index (χ2v) is 6.68. The third kappa shape index (κ3) is 4.85. The quantitative estimate of drug-likeness (QED) is 0.335. The summed E-state index contributed by atoms with van der Waals surface area (Å²) in [7, 11) is 0.